The summed E-state index contributed by atoms with van der Waals surface area (Å²) in [5.74, 6) is 0.686. The van der Waals surface area contributed by atoms with Crippen molar-refractivity contribution in [1.82, 2.24) is 14.5 Å². The number of ether oxygens (including phenoxy) is 2. The predicted octanol–water partition coefficient (Wildman–Crippen LogP) is 2.78. The highest BCUT2D eigenvalue weighted by Crippen LogP contribution is 2.43. The second-order valence-corrected chi connectivity index (χ2v) is 12.4. The normalized spacial score (nSPS) is 17.0. The smallest absolute Gasteiger partial charge is 0.409 e. The van der Waals surface area contributed by atoms with E-state index in [0.717, 1.165) is 23.3 Å². The van der Waals surface area contributed by atoms with Gasteiger partial charge in [-0.05, 0) is 71.1 Å². The second-order valence-electron chi connectivity index (χ2n) is 10.8. The highest BCUT2D eigenvalue weighted by Gasteiger charge is 2.36. The molecule has 1 saturated heterocycles. The number of carbonyl (C=O) groups is 2. The van der Waals surface area contributed by atoms with Crippen LogP contribution in [0.3, 0.4) is 0 Å². The van der Waals surface area contributed by atoms with Crippen molar-refractivity contribution in [3.63, 3.8) is 0 Å². The quantitative estimate of drug-likeness (QED) is 0.266. The molecule has 0 spiro atoms. The third-order valence-electron chi connectivity index (χ3n) is 7.29. The number of guanidine groups is 1. The molecule has 0 radical (unpaired) electrons. The lowest BCUT2D eigenvalue weighted by Crippen LogP contribution is -2.50. The van der Waals surface area contributed by atoms with Crippen molar-refractivity contribution in [3.8, 4) is 5.75 Å². The Balaban J connectivity index is 1.45. The van der Waals surface area contributed by atoms with Crippen LogP contribution in [0.15, 0.2) is 9.89 Å². The van der Waals surface area contributed by atoms with Gasteiger partial charge < -0.3 is 25.0 Å². The maximum atomic E-state index is 13.3. The molecule has 2 amide bonds. The number of aliphatic imine (C=N–C) groups is 1. The van der Waals surface area contributed by atoms with Gasteiger partial charge in [-0.3, -0.25) is 9.79 Å². The number of rotatable bonds is 9. The van der Waals surface area contributed by atoms with Gasteiger partial charge in [-0.2, -0.15) is 0 Å². The van der Waals surface area contributed by atoms with E-state index in [0.29, 0.717) is 76.1 Å². The van der Waals surface area contributed by atoms with E-state index in [1.807, 2.05) is 20.8 Å². The van der Waals surface area contributed by atoms with E-state index in [1.165, 1.54) is 0 Å². The van der Waals surface area contributed by atoms with E-state index in [4.69, 9.17) is 15.2 Å². The summed E-state index contributed by atoms with van der Waals surface area (Å²) < 4.78 is 40.0. The molecule has 0 aliphatic carbocycles. The van der Waals surface area contributed by atoms with Gasteiger partial charge in [0.25, 0.3) is 10.0 Å². The number of nitrogens with two attached hydrogens (primary N) is 1. The number of piperazine rings is 1. The van der Waals surface area contributed by atoms with E-state index in [9.17, 15) is 18.0 Å². The van der Waals surface area contributed by atoms with Crippen LogP contribution in [0.2, 0.25) is 0 Å². The first-order valence-electron chi connectivity index (χ1n) is 13.6. The molecule has 0 bridgehead atoms. The lowest BCUT2D eigenvalue weighted by atomic mass is 9.94. The van der Waals surface area contributed by atoms with Crippen LogP contribution in [-0.4, -0.2) is 81.1 Å². The first kappa shape index (κ1) is 30.5. The van der Waals surface area contributed by atoms with E-state index < -0.39 is 10.0 Å². The summed E-state index contributed by atoms with van der Waals surface area (Å²) in [5.41, 5.74) is 8.59. The third-order valence-corrected chi connectivity index (χ3v) is 8.92. The lowest BCUT2D eigenvalue weighted by molar-refractivity contribution is -0.132. The molecule has 39 heavy (non-hydrogen) atoms. The minimum atomic E-state index is -3.93. The first-order chi connectivity index (χ1) is 18.3. The molecule has 2 aliphatic heterocycles. The monoisotopic (exact) mass is 565 g/mol. The summed E-state index contributed by atoms with van der Waals surface area (Å²) in [6.07, 6.45) is 2.85. The zero-order valence-corrected chi connectivity index (χ0v) is 24.9. The van der Waals surface area contributed by atoms with Crippen LogP contribution in [0.5, 0.6) is 5.75 Å². The Morgan fingerprint density at radius 2 is 1.67 bits per heavy atom. The average molecular weight is 566 g/mol. The molecule has 12 heteroatoms. The number of carbonyl (C=O) groups excluding carboxylic acids is 2. The molecule has 3 rings (SSSR count). The molecule has 0 unspecified atom stereocenters. The van der Waals surface area contributed by atoms with Gasteiger partial charge in [-0.25, -0.2) is 17.9 Å². The molecule has 1 fully saturated rings. The summed E-state index contributed by atoms with van der Waals surface area (Å²) in [7, 11) is -3.93. The molecule has 0 aromatic heterocycles. The molecule has 218 valence electrons. The zero-order valence-electron chi connectivity index (χ0n) is 24.1. The van der Waals surface area contributed by atoms with Crippen LogP contribution in [0.1, 0.15) is 68.7 Å². The number of benzene rings is 1. The number of sulfonamides is 1. The minimum Gasteiger partial charge on any atom is -0.487 e. The summed E-state index contributed by atoms with van der Waals surface area (Å²) in [4.78, 5) is 32.1. The predicted molar refractivity (Wildman–Crippen MR) is 150 cm³/mol. The lowest BCUT2D eigenvalue weighted by Gasteiger charge is -2.34. The number of hydrogen-bond donors (Lipinski definition) is 2. The summed E-state index contributed by atoms with van der Waals surface area (Å²) in [5, 5.41) is 0. The zero-order chi connectivity index (χ0) is 29.0. The third kappa shape index (κ3) is 7.34. The van der Waals surface area contributed by atoms with Crippen molar-refractivity contribution in [2.45, 2.75) is 84.1 Å². The highest BCUT2D eigenvalue weighted by molar-refractivity contribution is 7.90. The molecular weight excluding hydrogens is 522 g/mol. The number of hydrogen-bond acceptors (Lipinski definition) is 7. The van der Waals surface area contributed by atoms with Crippen molar-refractivity contribution >= 4 is 28.0 Å². The van der Waals surface area contributed by atoms with E-state index >= 15 is 0 Å². The topological polar surface area (TPSA) is 144 Å². The van der Waals surface area contributed by atoms with Gasteiger partial charge in [0.1, 0.15) is 11.4 Å². The van der Waals surface area contributed by atoms with Crippen LogP contribution >= 0.6 is 0 Å². The van der Waals surface area contributed by atoms with Gasteiger partial charge >= 0.3 is 6.09 Å². The molecule has 0 saturated carbocycles. The van der Waals surface area contributed by atoms with Gasteiger partial charge in [0.2, 0.25) is 11.9 Å². The van der Waals surface area contributed by atoms with Crippen molar-refractivity contribution in [3.05, 3.63) is 22.3 Å². The molecule has 1 aromatic rings. The SMILES string of the molecule is CCOC(=O)N1CCN(C(=O)CCCCCN=C(N)NS(=O)(=O)c2c(C)c(C)c3c(c2C)CC(C)(C)O3)CC1. The molecule has 1 aromatic carbocycles. The van der Waals surface area contributed by atoms with Crippen LogP contribution in [0.4, 0.5) is 4.79 Å². The average Bonchev–Trinajstić information content (AvgIpc) is 3.20. The van der Waals surface area contributed by atoms with Crippen LogP contribution in [0, 0.1) is 20.8 Å². The summed E-state index contributed by atoms with van der Waals surface area (Å²) >= 11 is 0. The van der Waals surface area contributed by atoms with Crippen molar-refractivity contribution in [2.24, 2.45) is 10.7 Å². The standard InChI is InChI=1S/C27H43N5O6S/c1-7-37-26(34)32-15-13-31(14-16-32)22(33)11-9-8-10-12-29-25(28)30-39(35,36)24-19(3)18(2)23-21(20(24)4)17-27(5,6)38-23/h7-17H2,1-6H3,(H3,28,29,30). The van der Waals surface area contributed by atoms with Crippen LogP contribution < -0.4 is 15.2 Å². The van der Waals surface area contributed by atoms with Gasteiger partial charge in [-0.15, -0.1) is 0 Å². The van der Waals surface area contributed by atoms with E-state index in [2.05, 4.69) is 9.71 Å². The Labute approximate surface area is 232 Å². The first-order valence-corrected chi connectivity index (χ1v) is 15.1. The number of unbranched alkanes of at least 4 members (excludes halogenated alkanes) is 2. The number of nitrogens with one attached hydrogen (secondary N) is 1. The van der Waals surface area contributed by atoms with Gasteiger partial charge in [0.05, 0.1) is 11.5 Å². The number of fused-ring (bicyclic) bond motifs is 1. The Bertz CT molecular complexity index is 1220. The molecule has 0 atom stereocenters. The Morgan fingerprint density at radius 3 is 2.31 bits per heavy atom. The fourth-order valence-corrected chi connectivity index (χ4v) is 6.67. The fraction of sp³-hybridized carbons (Fsp3) is 0.667. The largest absolute Gasteiger partial charge is 0.487 e. The maximum absolute atomic E-state index is 13.3. The minimum absolute atomic E-state index is 0.0680. The molecule has 11 nitrogen and oxygen atoms in total. The number of amides is 2. The van der Waals surface area contributed by atoms with Crippen molar-refractivity contribution in [1.29, 1.82) is 0 Å². The molecule has 3 N–H and O–H groups in total. The Hall–Kier alpha value is -3.02. The Morgan fingerprint density at radius 1 is 1.03 bits per heavy atom. The van der Waals surface area contributed by atoms with Crippen molar-refractivity contribution in [2.75, 3.05) is 39.3 Å². The number of nitrogens with zero attached hydrogens (tertiary/aromatic N) is 3. The highest BCUT2D eigenvalue weighted by atomic mass is 32.2. The molecular formula is C27H43N5O6S. The summed E-state index contributed by atoms with van der Waals surface area (Å²) in [6.45, 7) is 13.9. The fourth-order valence-electron chi connectivity index (χ4n) is 5.14. The van der Waals surface area contributed by atoms with Gasteiger partial charge in [0, 0.05) is 51.1 Å². The van der Waals surface area contributed by atoms with E-state index in [-0.39, 0.29) is 28.5 Å². The van der Waals surface area contributed by atoms with Crippen LogP contribution in [-0.2, 0) is 26.0 Å². The Kier molecular flexibility index (Phi) is 9.74. The second kappa shape index (κ2) is 12.4. The van der Waals surface area contributed by atoms with Crippen molar-refractivity contribution < 1.29 is 27.5 Å². The van der Waals surface area contributed by atoms with Crippen LogP contribution in [0.25, 0.3) is 0 Å². The molecule has 2 aliphatic rings. The van der Waals surface area contributed by atoms with Gasteiger partial charge in [-0.1, -0.05) is 6.42 Å². The summed E-state index contributed by atoms with van der Waals surface area (Å²) in [6, 6.07) is 0. The van der Waals surface area contributed by atoms with E-state index in [1.54, 1.807) is 30.6 Å². The molecule has 2 heterocycles. The maximum Gasteiger partial charge on any atom is 0.409 e. The van der Waals surface area contributed by atoms with Gasteiger partial charge in [0.15, 0.2) is 0 Å².